The van der Waals surface area contributed by atoms with Gasteiger partial charge in [0.25, 0.3) is 10.1 Å². The van der Waals surface area contributed by atoms with Gasteiger partial charge in [0.05, 0.1) is 5.75 Å². The maximum Gasteiger partial charge on any atom is 0.264 e. The largest absolute Gasteiger partial charge is 0.374 e. The molecule has 1 N–H and O–H groups in total. The van der Waals surface area contributed by atoms with Crippen LogP contribution in [0.1, 0.15) is 25.7 Å². The summed E-state index contributed by atoms with van der Waals surface area (Å²) in [5.74, 6) is 0.475. The van der Waals surface area contributed by atoms with E-state index in [0.29, 0.717) is 18.9 Å². The van der Waals surface area contributed by atoms with Crippen molar-refractivity contribution in [1.29, 1.82) is 0 Å². The van der Waals surface area contributed by atoms with Gasteiger partial charge in [-0.1, -0.05) is 18.2 Å². The maximum absolute atomic E-state index is 10.6. The van der Waals surface area contributed by atoms with Gasteiger partial charge in [0.1, 0.15) is 0 Å². The van der Waals surface area contributed by atoms with Crippen LogP contribution in [-0.4, -0.2) is 36.7 Å². The van der Waals surface area contributed by atoms with Gasteiger partial charge in [-0.15, -0.1) is 0 Å². The molecule has 1 heterocycles. The predicted molar refractivity (Wildman–Crippen MR) is 76.3 cm³/mol. The normalized spacial score (nSPS) is 23.5. The van der Waals surface area contributed by atoms with Gasteiger partial charge < -0.3 is 4.90 Å². The van der Waals surface area contributed by atoms with Gasteiger partial charge in [0, 0.05) is 13.1 Å². The van der Waals surface area contributed by atoms with Crippen LogP contribution in [0.4, 0.5) is 0 Å². The summed E-state index contributed by atoms with van der Waals surface area (Å²) in [6.45, 7) is 1.49. The minimum Gasteiger partial charge on any atom is -0.374 e. The van der Waals surface area contributed by atoms with E-state index in [1.165, 1.54) is 12.0 Å². The summed E-state index contributed by atoms with van der Waals surface area (Å²) in [5.41, 5.74) is 1.40. The molecule has 2 aliphatic rings. The van der Waals surface area contributed by atoms with Gasteiger partial charge in [0.2, 0.25) is 0 Å². The number of allylic oxidation sites excluding steroid dienone is 4. The summed E-state index contributed by atoms with van der Waals surface area (Å²) in [7, 11) is -3.83. The third-order valence-electron chi connectivity index (χ3n) is 3.63. The molecule has 0 fully saturated rings. The van der Waals surface area contributed by atoms with E-state index >= 15 is 0 Å². The first-order valence-corrected chi connectivity index (χ1v) is 8.38. The minimum atomic E-state index is -3.83. The summed E-state index contributed by atoms with van der Waals surface area (Å²) in [4.78, 5) is 2.08. The highest BCUT2D eigenvalue weighted by Crippen LogP contribution is 2.28. The van der Waals surface area contributed by atoms with E-state index in [1.54, 1.807) is 0 Å². The Bertz CT molecular complexity index is 491. The first-order chi connectivity index (χ1) is 9.04. The van der Waals surface area contributed by atoms with Gasteiger partial charge in [-0.25, -0.2) is 0 Å². The Hall–Kier alpha value is -1.07. The van der Waals surface area contributed by atoms with Gasteiger partial charge in [0.15, 0.2) is 0 Å². The molecule has 4 nitrogen and oxygen atoms in total. The van der Waals surface area contributed by atoms with Gasteiger partial charge in [-0.2, -0.15) is 8.42 Å². The summed E-state index contributed by atoms with van der Waals surface area (Å²) in [6.07, 6.45) is 14.9. The zero-order chi connectivity index (χ0) is 13.7. The first-order valence-electron chi connectivity index (χ1n) is 6.77. The molecule has 0 saturated carbocycles. The highest BCUT2D eigenvalue weighted by Gasteiger charge is 2.15. The van der Waals surface area contributed by atoms with Gasteiger partial charge >= 0.3 is 0 Å². The molecule has 1 aliphatic heterocycles. The van der Waals surface area contributed by atoms with Crippen LogP contribution in [0.3, 0.4) is 0 Å². The number of hydrogen-bond donors (Lipinski definition) is 1. The Morgan fingerprint density at radius 2 is 2.21 bits per heavy atom. The average Bonchev–Trinajstić information content (AvgIpc) is 2.39. The van der Waals surface area contributed by atoms with Gasteiger partial charge in [-0.05, 0) is 49.5 Å². The van der Waals surface area contributed by atoms with E-state index in [0.717, 1.165) is 19.4 Å². The number of rotatable bonds is 5. The lowest BCUT2D eigenvalue weighted by Crippen LogP contribution is -2.24. The average molecular weight is 283 g/mol. The second-order valence-corrected chi connectivity index (χ2v) is 6.71. The lowest BCUT2D eigenvalue weighted by molar-refractivity contribution is 0.400. The van der Waals surface area contributed by atoms with Crippen molar-refractivity contribution in [2.24, 2.45) is 5.92 Å². The topological polar surface area (TPSA) is 57.6 Å². The Morgan fingerprint density at radius 1 is 1.37 bits per heavy atom. The Morgan fingerprint density at radius 3 is 2.79 bits per heavy atom. The third kappa shape index (κ3) is 4.84. The fourth-order valence-corrected chi connectivity index (χ4v) is 3.05. The van der Waals surface area contributed by atoms with Crippen molar-refractivity contribution < 1.29 is 13.0 Å². The molecule has 0 bridgehead atoms. The first kappa shape index (κ1) is 14.3. The summed E-state index contributed by atoms with van der Waals surface area (Å²) >= 11 is 0. The SMILES string of the molecule is O=S(=O)(O)CCCN1C=CC(C2CC=CCC2)=CC1. The molecule has 0 aromatic rings. The van der Waals surface area contributed by atoms with Crippen LogP contribution in [0.2, 0.25) is 0 Å². The van der Waals surface area contributed by atoms with Crippen molar-refractivity contribution in [3.05, 3.63) is 36.1 Å². The van der Waals surface area contributed by atoms with Gasteiger partial charge in [-0.3, -0.25) is 4.55 Å². The maximum atomic E-state index is 10.6. The van der Waals surface area contributed by atoms with E-state index < -0.39 is 10.1 Å². The van der Waals surface area contributed by atoms with Crippen LogP contribution >= 0.6 is 0 Å². The van der Waals surface area contributed by atoms with Crippen LogP contribution in [0, 0.1) is 5.92 Å². The summed E-state index contributed by atoms with van der Waals surface area (Å²) in [5, 5.41) is 0. The molecule has 0 spiro atoms. The summed E-state index contributed by atoms with van der Waals surface area (Å²) < 4.78 is 29.9. The molecule has 0 saturated heterocycles. The fraction of sp³-hybridized carbons (Fsp3) is 0.571. The summed E-state index contributed by atoms with van der Waals surface area (Å²) in [6, 6.07) is 0. The predicted octanol–water partition coefficient (Wildman–Crippen LogP) is 2.38. The van der Waals surface area contributed by atoms with Crippen molar-refractivity contribution in [3.63, 3.8) is 0 Å². The Labute approximate surface area is 115 Å². The molecule has 0 amide bonds. The molecule has 1 aliphatic carbocycles. The zero-order valence-corrected chi connectivity index (χ0v) is 11.8. The highest BCUT2D eigenvalue weighted by molar-refractivity contribution is 7.85. The van der Waals surface area contributed by atoms with Crippen molar-refractivity contribution in [1.82, 2.24) is 4.90 Å². The molecular weight excluding hydrogens is 262 g/mol. The van der Waals surface area contributed by atoms with E-state index in [1.807, 2.05) is 6.20 Å². The van der Waals surface area contributed by atoms with E-state index in [4.69, 9.17) is 4.55 Å². The quantitative estimate of drug-likeness (QED) is 0.621. The molecule has 1 unspecified atom stereocenters. The van der Waals surface area contributed by atoms with Crippen LogP contribution in [0.5, 0.6) is 0 Å². The lowest BCUT2D eigenvalue weighted by Gasteiger charge is -2.26. The molecule has 0 aromatic heterocycles. The lowest BCUT2D eigenvalue weighted by atomic mass is 9.86. The monoisotopic (exact) mass is 283 g/mol. The molecule has 2 rings (SSSR count). The molecule has 0 aromatic carbocycles. The van der Waals surface area contributed by atoms with E-state index in [9.17, 15) is 8.42 Å². The van der Waals surface area contributed by atoms with Crippen LogP contribution < -0.4 is 0 Å². The second-order valence-electron chi connectivity index (χ2n) is 5.14. The van der Waals surface area contributed by atoms with Crippen LogP contribution in [0.25, 0.3) is 0 Å². The standard InChI is InChI=1S/C14H21NO3S/c16-19(17,18)12-4-9-15-10-7-14(8-11-15)13-5-2-1-3-6-13/h1-2,7-8,10,13H,3-6,9,11-12H2,(H,16,17,18). The molecule has 1 atom stereocenters. The molecule has 19 heavy (non-hydrogen) atoms. The smallest absolute Gasteiger partial charge is 0.264 e. The molecule has 5 heteroatoms. The molecule has 106 valence electrons. The van der Waals surface area contributed by atoms with Crippen LogP contribution in [-0.2, 0) is 10.1 Å². The minimum absolute atomic E-state index is 0.165. The fourth-order valence-electron chi connectivity index (χ4n) is 2.56. The molecular formula is C14H21NO3S. The Kier molecular flexibility index (Phi) is 4.82. The number of hydrogen-bond acceptors (Lipinski definition) is 3. The van der Waals surface area contributed by atoms with Crippen molar-refractivity contribution in [2.75, 3.05) is 18.8 Å². The van der Waals surface area contributed by atoms with E-state index in [2.05, 4.69) is 29.2 Å². The van der Waals surface area contributed by atoms with Crippen molar-refractivity contribution >= 4 is 10.1 Å². The molecule has 0 radical (unpaired) electrons. The zero-order valence-electron chi connectivity index (χ0n) is 11.0. The van der Waals surface area contributed by atoms with Crippen LogP contribution in [0.15, 0.2) is 36.1 Å². The van der Waals surface area contributed by atoms with E-state index in [-0.39, 0.29) is 5.75 Å². The third-order valence-corrected chi connectivity index (χ3v) is 4.43. The number of nitrogens with zero attached hydrogens (tertiary/aromatic N) is 1. The van der Waals surface area contributed by atoms with Crippen molar-refractivity contribution in [3.8, 4) is 0 Å². The second kappa shape index (κ2) is 6.39. The highest BCUT2D eigenvalue weighted by atomic mass is 32.2. The Balaban J connectivity index is 1.77. The van der Waals surface area contributed by atoms with Crippen molar-refractivity contribution in [2.45, 2.75) is 25.7 Å².